The molecular formula is C20H19ClN4S. The first kappa shape index (κ1) is 17.3. The number of benzene rings is 2. The molecule has 2 aliphatic rings. The van der Waals surface area contributed by atoms with Crippen molar-refractivity contribution in [2.45, 2.75) is 24.9 Å². The van der Waals surface area contributed by atoms with Crippen molar-refractivity contribution in [3.63, 3.8) is 0 Å². The summed E-state index contributed by atoms with van der Waals surface area (Å²) >= 11 is 8.08. The Morgan fingerprint density at radius 1 is 1.15 bits per heavy atom. The molecule has 0 radical (unpaired) electrons. The average Bonchev–Trinajstić information content (AvgIpc) is 2.66. The van der Waals surface area contributed by atoms with Gasteiger partial charge in [0.2, 0.25) is 0 Å². The van der Waals surface area contributed by atoms with Gasteiger partial charge in [0.1, 0.15) is 5.84 Å². The first-order chi connectivity index (χ1) is 12.7. The number of anilines is 2. The molecule has 0 bridgehead atoms. The summed E-state index contributed by atoms with van der Waals surface area (Å²) in [7, 11) is 0. The number of thioether (sulfide) groups is 1. The van der Waals surface area contributed by atoms with E-state index in [4.69, 9.17) is 16.6 Å². The normalized spacial score (nSPS) is 19.3. The Morgan fingerprint density at radius 3 is 2.77 bits per heavy atom. The lowest BCUT2D eigenvalue weighted by molar-refractivity contribution is 0.559. The van der Waals surface area contributed by atoms with E-state index < -0.39 is 0 Å². The topological polar surface area (TPSA) is 60.2 Å². The number of nitriles is 1. The van der Waals surface area contributed by atoms with Crippen molar-refractivity contribution in [1.29, 1.82) is 5.26 Å². The van der Waals surface area contributed by atoms with Gasteiger partial charge in [-0.3, -0.25) is 4.99 Å². The monoisotopic (exact) mass is 382 g/mol. The second kappa shape index (κ2) is 7.22. The van der Waals surface area contributed by atoms with Crippen molar-refractivity contribution < 1.29 is 0 Å². The summed E-state index contributed by atoms with van der Waals surface area (Å²) in [6.07, 6.45) is 2.02. The Morgan fingerprint density at radius 2 is 2.00 bits per heavy atom. The van der Waals surface area contributed by atoms with Crippen molar-refractivity contribution in [2.24, 2.45) is 4.99 Å². The zero-order valence-electron chi connectivity index (χ0n) is 14.3. The van der Waals surface area contributed by atoms with Crippen LogP contribution in [0.4, 0.5) is 11.4 Å². The predicted octanol–water partition coefficient (Wildman–Crippen LogP) is 4.91. The summed E-state index contributed by atoms with van der Waals surface area (Å²) in [5, 5.41) is 17.2. The number of hydrogen-bond donors (Lipinski definition) is 2. The van der Waals surface area contributed by atoms with Crippen molar-refractivity contribution in [1.82, 2.24) is 0 Å². The van der Waals surface area contributed by atoms with E-state index in [0.29, 0.717) is 12.1 Å². The Kier molecular flexibility index (Phi) is 4.80. The maximum atomic E-state index is 9.19. The predicted molar refractivity (Wildman–Crippen MR) is 110 cm³/mol. The second-order valence-electron chi connectivity index (χ2n) is 6.61. The molecule has 0 saturated carbocycles. The van der Waals surface area contributed by atoms with Crippen molar-refractivity contribution in [2.75, 3.05) is 22.1 Å². The Hall–Kier alpha value is -2.16. The highest BCUT2D eigenvalue weighted by molar-refractivity contribution is 7.99. The molecule has 1 saturated heterocycles. The average molecular weight is 383 g/mol. The van der Waals surface area contributed by atoms with Gasteiger partial charge in [-0.15, -0.1) is 0 Å². The molecule has 4 rings (SSSR count). The van der Waals surface area contributed by atoms with Crippen LogP contribution < -0.4 is 10.6 Å². The van der Waals surface area contributed by atoms with Gasteiger partial charge >= 0.3 is 0 Å². The highest BCUT2D eigenvalue weighted by atomic mass is 35.5. The minimum Gasteiger partial charge on any atom is -0.371 e. The molecule has 2 aromatic carbocycles. The van der Waals surface area contributed by atoms with Crippen LogP contribution in [0.3, 0.4) is 0 Å². The summed E-state index contributed by atoms with van der Waals surface area (Å²) in [6, 6.07) is 15.7. The van der Waals surface area contributed by atoms with E-state index in [-0.39, 0.29) is 5.54 Å². The zero-order valence-corrected chi connectivity index (χ0v) is 15.8. The molecule has 1 fully saturated rings. The third-order valence-corrected chi connectivity index (χ3v) is 6.10. The van der Waals surface area contributed by atoms with Gasteiger partial charge in [0.05, 0.1) is 35.1 Å². The summed E-state index contributed by atoms with van der Waals surface area (Å²) in [5.41, 5.74) is 3.52. The third-order valence-electron chi connectivity index (χ3n) is 4.88. The third kappa shape index (κ3) is 3.40. The highest BCUT2D eigenvalue weighted by Gasteiger charge is 2.41. The summed E-state index contributed by atoms with van der Waals surface area (Å²) in [6.45, 7) is 0.588. The van der Waals surface area contributed by atoms with E-state index in [2.05, 4.69) is 16.7 Å². The van der Waals surface area contributed by atoms with Gasteiger partial charge < -0.3 is 10.6 Å². The van der Waals surface area contributed by atoms with Crippen molar-refractivity contribution in [3.8, 4) is 6.07 Å². The molecule has 2 aliphatic heterocycles. The largest absolute Gasteiger partial charge is 0.371 e. The molecule has 0 aliphatic carbocycles. The first-order valence-corrected chi connectivity index (χ1v) is 10.2. The fourth-order valence-electron chi connectivity index (χ4n) is 3.47. The number of nitrogens with one attached hydrogen (secondary N) is 2. The maximum Gasteiger partial charge on any atom is 0.127 e. The number of halogens is 1. The molecule has 0 amide bonds. The van der Waals surface area contributed by atoms with Crippen molar-refractivity contribution in [3.05, 3.63) is 58.6 Å². The van der Waals surface area contributed by atoms with Crippen LogP contribution in [-0.2, 0) is 6.54 Å². The minimum atomic E-state index is -0.190. The van der Waals surface area contributed by atoms with Crippen LogP contribution in [0.5, 0.6) is 0 Å². The molecular weight excluding hydrogens is 364 g/mol. The van der Waals surface area contributed by atoms with Crippen LogP contribution in [0.2, 0.25) is 5.02 Å². The molecule has 0 atom stereocenters. The number of aliphatic imine (C=N–C) groups is 1. The maximum absolute atomic E-state index is 9.19. The Bertz CT molecular complexity index is 897. The quantitative estimate of drug-likeness (QED) is 0.774. The fourth-order valence-corrected chi connectivity index (χ4v) is 4.87. The molecule has 4 nitrogen and oxygen atoms in total. The number of amidine groups is 1. The highest BCUT2D eigenvalue weighted by Crippen LogP contribution is 2.39. The lowest BCUT2D eigenvalue weighted by atomic mass is 9.87. The van der Waals surface area contributed by atoms with Crippen LogP contribution >= 0.6 is 23.4 Å². The summed E-state index contributed by atoms with van der Waals surface area (Å²) in [4.78, 5) is 4.92. The van der Waals surface area contributed by atoms with Crippen LogP contribution in [0.25, 0.3) is 0 Å². The second-order valence-corrected chi connectivity index (χ2v) is 8.27. The fraction of sp³-hybridized carbons (Fsp3) is 0.300. The van der Waals surface area contributed by atoms with Gasteiger partial charge in [-0.1, -0.05) is 23.7 Å². The number of rotatable bonds is 2. The number of hydrogen-bond acceptors (Lipinski definition) is 4. The van der Waals surface area contributed by atoms with Gasteiger partial charge in [-0.25, -0.2) is 0 Å². The zero-order chi connectivity index (χ0) is 18.0. The Labute approximate surface area is 162 Å². The molecule has 2 N–H and O–H groups in total. The summed E-state index contributed by atoms with van der Waals surface area (Å²) in [5.74, 6) is 3.17. The van der Waals surface area contributed by atoms with E-state index in [1.807, 2.05) is 54.2 Å². The van der Waals surface area contributed by atoms with E-state index in [1.165, 1.54) is 0 Å². The standard InChI is InChI=1S/C20H19ClN4S/c21-16-3-1-2-15(10-16)13-23-19-20(6-8-26-9-7-20)25-18-11-14(12-22)4-5-17(18)24-19/h1-5,10-11,25H,6-9,13H2,(H,23,24). The molecule has 0 aromatic heterocycles. The number of fused-ring (bicyclic) bond motifs is 1. The van der Waals surface area contributed by atoms with E-state index in [1.54, 1.807) is 0 Å². The lowest BCUT2D eigenvalue weighted by Gasteiger charge is -2.43. The van der Waals surface area contributed by atoms with Gasteiger partial charge in [0.25, 0.3) is 0 Å². The smallest absolute Gasteiger partial charge is 0.127 e. The number of nitrogens with zero attached hydrogens (tertiary/aromatic N) is 2. The summed E-state index contributed by atoms with van der Waals surface area (Å²) < 4.78 is 0. The van der Waals surface area contributed by atoms with Crippen LogP contribution in [0.1, 0.15) is 24.0 Å². The van der Waals surface area contributed by atoms with E-state index in [0.717, 1.165) is 52.1 Å². The molecule has 2 aromatic rings. The van der Waals surface area contributed by atoms with Gasteiger partial charge in [0, 0.05) is 5.02 Å². The van der Waals surface area contributed by atoms with Crippen LogP contribution in [-0.4, -0.2) is 22.9 Å². The first-order valence-electron chi connectivity index (χ1n) is 8.65. The molecule has 6 heteroatoms. The van der Waals surface area contributed by atoms with Crippen LogP contribution in [0.15, 0.2) is 47.5 Å². The molecule has 0 unspecified atom stereocenters. The van der Waals surface area contributed by atoms with E-state index >= 15 is 0 Å². The van der Waals surface area contributed by atoms with Crippen LogP contribution in [0, 0.1) is 11.3 Å². The van der Waals surface area contributed by atoms with Gasteiger partial charge in [-0.05, 0) is 60.2 Å². The Balaban J connectivity index is 1.68. The minimum absolute atomic E-state index is 0.190. The molecule has 26 heavy (non-hydrogen) atoms. The molecule has 2 heterocycles. The SMILES string of the molecule is N#Cc1ccc2c(c1)NC1(CCSCC1)C(=NCc1cccc(Cl)c1)N2. The van der Waals surface area contributed by atoms with Crippen molar-refractivity contribution >= 4 is 40.6 Å². The van der Waals surface area contributed by atoms with Gasteiger partial charge in [-0.2, -0.15) is 17.0 Å². The van der Waals surface area contributed by atoms with Gasteiger partial charge in [0.15, 0.2) is 0 Å². The molecule has 132 valence electrons. The lowest BCUT2D eigenvalue weighted by Crippen LogP contribution is -2.54. The van der Waals surface area contributed by atoms with E-state index in [9.17, 15) is 5.26 Å². The molecule has 1 spiro atoms.